The SMILES string of the molecule is CCCCCCCCCCCCCCC(O)CCC(=O)[O-].CCCCCCCCCCCCCCC(O)CCC(=O)[O-].[Ba+2]. The Hall–Kier alpha value is 0.431. The van der Waals surface area contributed by atoms with Crippen LogP contribution in [0.1, 0.15) is 206 Å². The van der Waals surface area contributed by atoms with E-state index in [2.05, 4.69) is 13.8 Å². The average Bonchev–Trinajstić information content (AvgIpc) is 2.96. The van der Waals surface area contributed by atoms with Crippen molar-refractivity contribution in [3.8, 4) is 0 Å². The first-order valence-corrected chi connectivity index (χ1v) is 18.1. The third-order valence-corrected chi connectivity index (χ3v) is 8.15. The Balaban J connectivity index is -0.000000727. The van der Waals surface area contributed by atoms with Crippen LogP contribution < -0.4 is 10.2 Å². The van der Waals surface area contributed by atoms with E-state index < -0.39 is 24.1 Å². The number of unbranched alkanes of at least 4 members (excludes halogenated alkanes) is 22. The Morgan fingerprint density at radius 3 is 0.837 bits per heavy atom. The zero-order valence-corrected chi connectivity index (χ0v) is 33.0. The molecular formula is C36H70BaO6. The summed E-state index contributed by atoms with van der Waals surface area (Å²) >= 11 is 0. The minimum Gasteiger partial charge on any atom is -0.550 e. The number of aliphatic hydroxyl groups is 2. The molecule has 0 radical (unpaired) electrons. The second-order valence-electron chi connectivity index (χ2n) is 12.5. The number of carbonyl (C=O) groups excluding carboxylic acids is 2. The van der Waals surface area contributed by atoms with Gasteiger partial charge in [-0.25, -0.2) is 0 Å². The summed E-state index contributed by atoms with van der Waals surface area (Å²) in [4.78, 5) is 20.5. The van der Waals surface area contributed by atoms with Gasteiger partial charge in [0.1, 0.15) is 0 Å². The minimum atomic E-state index is -1.07. The van der Waals surface area contributed by atoms with Crippen molar-refractivity contribution in [1.29, 1.82) is 0 Å². The molecule has 0 aromatic rings. The van der Waals surface area contributed by atoms with Crippen molar-refractivity contribution in [1.82, 2.24) is 0 Å². The summed E-state index contributed by atoms with van der Waals surface area (Å²) < 4.78 is 0. The molecule has 0 aliphatic rings. The number of carbonyl (C=O) groups is 2. The summed E-state index contributed by atoms with van der Waals surface area (Å²) in [5.74, 6) is -2.13. The van der Waals surface area contributed by atoms with Crippen LogP contribution in [-0.4, -0.2) is 83.2 Å². The maximum absolute atomic E-state index is 10.3. The van der Waals surface area contributed by atoms with Crippen molar-refractivity contribution < 1.29 is 30.0 Å². The van der Waals surface area contributed by atoms with E-state index in [1.165, 1.54) is 128 Å². The van der Waals surface area contributed by atoms with Gasteiger partial charge in [0.05, 0.1) is 12.2 Å². The maximum atomic E-state index is 10.3. The van der Waals surface area contributed by atoms with Crippen molar-refractivity contribution >= 4 is 60.8 Å². The van der Waals surface area contributed by atoms with Crippen LogP contribution in [0.3, 0.4) is 0 Å². The Bertz CT molecular complexity index is 512. The molecule has 0 amide bonds. The first kappa shape index (κ1) is 47.8. The van der Waals surface area contributed by atoms with Gasteiger partial charge in [-0.15, -0.1) is 0 Å². The Morgan fingerprint density at radius 1 is 0.419 bits per heavy atom. The largest absolute Gasteiger partial charge is 2.00 e. The van der Waals surface area contributed by atoms with Crippen LogP contribution in [0.15, 0.2) is 0 Å². The predicted octanol–water partition coefficient (Wildman–Crippen LogP) is 7.56. The fraction of sp³-hybridized carbons (Fsp3) is 0.944. The fourth-order valence-corrected chi connectivity index (χ4v) is 5.30. The topological polar surface area (TPSA) is 121 Å². The van der Waals surface area contributed by atoms with Gasteiger partial charge in [-0.2, -0.15) is 0 Å². The third-order valence-electron chi connectivity index (χ3n) is 8.15. The quantitative estimate of drug-likeness (QED) is 0.0544. The molecule has 0 saturated heterocycles. The normalized spacial score (nSPS) is 12.2. The Labute approximate surface area is 307 Å². The molecule has 252 valence electrons. The van der Waals surface area contributed by atoms with E-state index in [0.717, 1.165) is 38.5 Å². The number of carboxylic acids is 2. The molecule has 2 unspecified atom stereocenters. The van der Waals surface area contributed by atoms with Gasteiger partial charge in [-0.05, 0) is 38.5 Å². The van der Waals surface area contributed by atoms with Crippen molar-refractivity contribution in [3.05, 3.63) is 0 Å². The second kappa shape index (κ2) is 40.5. The maximum Gasteiger partial charge on any atom is 2.00 e. The zero-order chi connectivity index (χ0) is 31.5. The molecule has 7 heteroatoms. The van der Waals surface area contributed by atoms with E-state index in [9.17, 15) is 30.0 Å². The van der Waals surface area contributed by atoms with Crippen LogP contribution in [0.2, 0.25) is 0 Å². The molecule has 0 heterocycles. The van der Waals surface area contributed by atoms with E-state index in [1.54, 1.807) is 0 Å². The van der Waals surface area contributed by atoms with Crippen LogP contribution in [0, 0.1) is 0 Å². The van der Waals surface area contributed by atoms with Crippen LogP contribution >= 0.6 is 0 Å². The molecule has 2 N–H and O–H groups in total. The van der Waals surface area contributed by atoms with Crippen molar-refractivity contribution in [2.75, 3.05) is 0 Å². The summed E-state index contributed by atoms with van der Waals surface area (Å²) in [5.41, 5.74) is 0. The smallest absolute Gasteiger partial charge is 0.550 e. The number of carboxylic acid groups (broad SMARTS) is 2. The van der Waals surface area contributed by atoms with Crippen LogP contribution in [0.4, 0.5) is 0 Å². The number of aliphatic hydroxyl groups excluding tert-OH is 2. The molecule has 0 fully saturated rings. The molecular weight excluding hydrogens is 666 g/mol. The minimum absolute atomic E-state index is 0. The third kappa shape index (κ3) is 47.0. The van der Waals surface area contributed by atoms with E-state index in [4.69, 9.17) is 0 Å². The standard InChI is InChI=1S/2C18H36O3.Ba/c2*1-2-3-4-5-6-7-8-9-10-11-12-13-14-17(19)15-16-18(20)21;/h2*17,19H,2-16H2,1H3,(H,20,21);/q;;+2/p-2. The fourth-order valence-electron chi connectivity index (χ4n) is 5.30. The summed E-state index contributed by atoms with van der Waals surface area (Å²) in [6.07, 6.45) is 32.5. The average molecular weight is 736 g/mol. The summed E-state index contributed by atoms with van der Waals surface area (Å²) in [5, 5.41) is 39.6. The second-order valence-corrected chi connectivity index (χ2v) is 12.5. The van der Waals surface area contributed by atoms with Gasteiger partial charge in [0.15, 0.2) is 0 Å². The monoisotopic (exact) mass is 736 g/mol. The molecule has 0 saturated carbocycles. The predicted molar refractivity (Wildman–Crippen MR) is 178 cm³/mol. The molecule has 0 aromatic heterocycles. The molecule has 0 bridgehead atoms. The van der Waals surface area contributed by atoms with Crippen molar-refractivity contribution in [3.63, 3.8) is 0 Å². The molecule has 0 spiro atoms. The van der Waals surface area contributed by atoms with Crippen LogP contribution in [0.5, 0.6) is 0 Å². The van der Waals surface area contributed by atoms with Gasteiger partial charge in [0.25, 0.3) is 0 Å². The van der Waals surface area contributed by atoms with Crippen molar-refractivity contribution in [2.24, 2.45) is 0 Å². The zero-order valence-electron chi connectivity index (χ0n) is 28.6. The van der Waals surface area contributed by atoms with Crippen LogP contribution in [-0.2, 0) is 9.59 Å². The number of hydrogen-bond acceptors (Lipinski definition) is 6. The Morgan fingerprint density at radius 2 is 0.628 bits per heavy atom. The van der Waals surface area contributed by atoms with E-state index in [1.807, 2.05) is 0 Å². The van der Waals surface area contributed by atoms with E-state index in [-0.39, 0.29) is 61.7 Å². The van der Waals surface area contributed by atoms with Gasteiger partial charge < -0.3 is 30.0 Å². The van der Waals surface area contributed by atoms with Crippen LogP contribution in [0.25, 0.3) is 0 Å². The summed E-state index contributed by atoms with van der Waals surface area (Å²) in [7, 11) is 0. The Kier molecular flexibility index (Phi) is 45.0. The van der Waals surface area contributed by atoms with Crippen molar-refractivity contribution in [2.45, 2.75) is 219 Å². The van der Waals surface area contributed by atoms with E-state index in [0.29, 0.717) is 12.8 Å². The van der Waals surface area contributed by atoms with Gasteiger partial charge in [0.2, 0.25) is 0 Å². The van der Waals surface area contributed by atoms with Gasteiger partial charge >= 0.3 is 48.9 Å². The molecule has 0 rings (SSSR count). The van der Waals surface area contributed by atoms with Gasteiger partial charge in [-0.1, -0.05) is 168 Å². The molecule has 0 aromatic carbocycles. The van der Waals surface area contributed by atoms with Gasteiger partial charge in [0, 0.05) is 11.9 Å². The molecule has 0 aliphatic heterocycles. The molecule has 43 heavy (non-hydrogen) atoms. The number of aliphatic carboxylic acids is 2. The summed E-state index contributed by atoms with van der Waals surface area (Å²) in [6, 6.07) is 0. The number of rotatable bonds is 32. The molecule has 6 nitrogen and oxygen atoms in total. The van der Waals surface area contributed by atoms with E-state index >= 15 is 0 Å². The summed E-state index contributed by atoms with van der Waals surface area (Å²) in [6.45, 7) is 4.50. The molecule has 2 atom stereocenters. The first-order valence-electron chi connectivity index (χ1n) is 18.1. The van der Waals surface area contributed by atoms with Gasteiger partial charge in [-0.3, -0.25) is 0 Å². The number of hydrogen-bond donors (Lipinski definition) is 2. The molecule has 0 aliphatic carbocycles. The first-order chi connectivity index (χ1) is 20.3.